The molecule has 1 aliphatic rings. The smallest absolute Gasteiger partial charge is 0.337 e. The summed E-state index contributed by atoms with van der Waals surface area (Å²) in [6.07, 6.45) is 1.81. The second-order valence-corrected chi connectivity index (χ2v) is 8.88. The molecule has 2 aromatic carbocycles. The SMILES string of the molecule is CC#CCn1c(N2CCCC(N)C2)nc2c1c(=O)n(Cc1ccccc1F)c(=O)n2-c1ccccc1. The van der Waals surface area contributed by atoms with Gasteiger partial charge in [0.1, 0.15) is 5.82 Å². The highest BCUT2D eigenvalue weighted by molar-refractivity contribution is 5.76. The Morgan fingerprint density at radius 2 is 1.83 bits per heavy atom. The fraction of sp³-hybridized carbons (Fsp3) is 0.296. The van der Waals surface area contributed by atoms with E-state index >= 15 is 0 Å². The van der Waals surface area contributed by atoms with Gasteiger partial charge in [-0.25, -0.2) is 13.8 Å². The third kappa shape index (κ3) is 4.20. The molecule has 1 fully saturated rings. The molecule has 1 aliphatic heterocycles. The molecule has 0 bridgehead atoms. The number of fused-ring (bicyclic) bond motifs is 1. The molecule has 3 heterocycles. The van der Waals surface area contributed by atoms with Gasteiger partial charge in [0.15, 0.2) is 11.2 Å². The van der Waals surface area contributed by atoms with E-state index in [1.165, 1.54) is 10.6 Å². The molecule has 184 valence electrons. The summed E-state index contributed by atoms with van der Waals surface area (Å²) in [5.74, 6) is 5.98. The highest BCUT2D eigenvalue weighted by atomic mass is 19.1. The number of anilines is 1. The number of hydrogen-bond acceptors (Lipinski definition) is 5. The van der Waals surface area contributed by atoms with Crippen molar-refractivity contribution in [2.45, 2.75) is 38.9 Å². The first-order chi connectivity index (χ1) is 17.5. The van der Waals surface area contributed by atoms with Crippen molar-refractivity contribution in [3.05, 3.63) is 86.8 Å². The van der Waals surface area contributed by atoms with E-state index in [0.29, 0.717) is 18.2 Å². The van der Waals surface area contributed by atoms with E-state index in [2.05, 4.69) is 11.8 Å². The number of benzene rings is 2. The van der Waals surface area contributed by atoms with E-state index < -0.39 is 17.1 Å². The van der Waals surface area contributed by atoms with E-state index in [1.807, 2.05) is 23.1 Å². The van der Waals surface area contributed by atoms with Crippen LogP contribution in [0.4, 0.5) is 10.3 Å². The van der Waals surface area contributed by atoms with E-state index in [9.17, 15) is 14.0 Å². The van der Waals surface area contributed by atoms with Crippen LogP contribution in [0.25, 0.3) is 16.9 Å². The zero-order chi connectivity index (χ0) is 25.2. The highest BCUT2D eigenvalue weighted by Gasteiger charge is 2.27. The summed E-state index contributed by atoms with van der Waals surface area (Å²) in [6.45, 7) is 3.06. The summed E-state index contributed by atoms with van der Waals surface area (Å²) in [6, 6.07) is 15.1. The number of aromatic nitrogens is 4. The molecule has 0 amide bonds. The van der Waals surface area contributed by atoms with Crippen LogP contribution in [0.15, 0.2) is 64.2 Å². The Bertz CT molecular complexity index is 1590. The van der Waals surface area contributed by atoms with Crippen molar-refractivity contribution in [1.29, 1.82) is 0 Å². The van der Waals surface area contributed by atoms with E-state index in [0.717, 1.165) is 24.0 Å². The van der Waals surface area contributed by atoms with Gasteiger partial charge in [0.25, 0.3) is 5.56 Å². The molecule has 4 aromatic rings. The number of nitrogens with two attached hydrogens (primary N) is 1. The monoisotopic (exact) mass is 486 g/mol. The minimum absolute atomic E-state index is 0.0155. The van der Waals surface area contributed by atoms with Gasteiger partial charge in [-0.1, -0.05) is 42.3 Å². The van der Waals surface area contributed by atoms with Gasteiger partial charge in [-0.3, -0.25) is 13.9 Å². The molecule has 1 saturated heterocycles. The zero-order valence-electron chi connectivity index (χ0n) is 20.0. The summed E-state index contributed by atoms with van der Waals surface area (Å²) in [5.41, 5.74) is 6.41. The number of halogens is 1. The predicted molar refractivity (Wildman–Crippen MR) is 138 cm³/mol. The Kier molecular flexibility index (Phi) is 6.44. The largest absolute Gasteiger partial charge is 0.341 e. The number of hydrogen-bond donors (Lipinski definition) is 1. The van der Waals surface area contributed by atoms with Crippen molar-refractivity contribution in [2.75, 3.05) is 18.0 Å². The van der Waals surface area contributed by atoms with Gasteiger partial charge in [-0.15, -0.1) is 5.92 Å². The highest BCUT2D eigenvalue weighted by Crippen LogP contribution is 2.24. The molecule has 0 aliphatic carbocycles. The van der Waals surface area contributed by atoms with Crippen molar-refractivity contribution < 1.29 is 4.39 Å². The van der Waals surface area contributed by atoms with Crippen LogP contribution < -0.4 is 21.9 Å². The van der Waals surface area contributed by atoms with Crippen LogP contribution in [0.5, 0.6) is 0 Å². The lowest BCUT2D eigenvalue weighted by Crippen LogP contribution is -2.44. The van der Waals surface area contributed by atoms with Gasteiger partial charge < -0.3 is 10.6 Å². The average molecular weight is 487 g/mol. The summed E-state index contributed by atoms with van der Waals surface area (Å²) < 4.78 is 18.8. The van der Waals surface area contributed by atoms with Gasteiger partial charge in [0.05, 0.1) is 18.8 Å². The minimum Gasteiger partial charge on any atom is -0.341 e. The van der Waals surface area contributed by atoms with Crippen molar-refractivity contribution >= 4 is 17.1 Å². The van der Waals surface area contributed by atoms with Crippen molar-refractivity contribution in [1.82, 2.24) is 18.7 Å². The standard InChI is InChI=1S/C27H27FN6O2/c1-2-3-16-32-23-24(30-26(32)31-15-9-11-20(29)18-31)34(21-12-5-4-6-13-21)27(36)33(25(23)35)17-19-10-7-8-14-22(19)28/h4-8,10,12-14,20H,9,11,15-18,29H2,1H3. The molecule has 5 rings (SSSR count). The molecule has 0 radical (unpaired) electrons. The second kappa shape index (κ2) is 9.84. The predicted octanol–water partition coefficient (Wildman–Crippen LogP) is 2.49. The lowest BCUT2D eigenvalue weighted by molar-refractivity contribution is 0.496. The Balaban J connectivity index is 1.84. The third-order valence-electron chi connectivity index (χ3n) is 6.47. The van der Waals surface area contributed by atoms with Crippen LogP contribution in [0.1, 0.15) is 25.3 Å². The quantitative estimate of drug-likeness (QED) is 0.438. The van der Waals surface area contributed by atoms with Gasteiger partial charge in [0, 0.05) is 24.7 Å². The van der Waals surface area contributed by atoms with Crippen LogP contribution in [-0.2, 0) is 13.1 Å². The first-order valence-electron chi connectivity index (χ1n) is 11.9. The second-order valence-electron chi connectivity index (χ2n) is 8.88. The van der Waals surface area contributed by atoms with E-state index in [-0.39, 0.29) is 35.9 Å². The molecular formula is C27H27FN6O2. The average Bonchev–Trinajstić information content (AvgIpc) is 3.26. The fourth-order valence-corrected chi connectivity index (χ4v) is 4.71. The molecule has 1 unspecified atom stereocenters. The topological polar surface area (TPSA) is 91.1 Å². The molecule has 2 aromatic heterocycles. The normalized spacial score (nSPS) is 15.6. The zero-order valence-corrected chi connectivity index (χ0v) is 20.0. The van der Waals surface area contributed by atoms with Crippen molar-refractivity contribution in [2.24, 2.45) is 5.73 Å². The first-order valence-corrected chi connectivity index (χ1v) is 11.9. The molecule has 0 saturated carbocycles. The van der Waals surface area contributed by atoms with Crippen LogP contribution in [0, 0.1) is 17.7 Å². The maximum Gasteiger partial charge on any atom is 0.337 e. The maximum absolute atomic E-state index is 14.5. The molecule has 2 N–H and O–H groups in total. The number of rotatable bonds is 5. The van der Waals surface area contributed by atoms with Crippen molar-refractivity contribution in [3.8, 4) is 17.5 Å². The molecule has 8 nitrogen and oxygen atoms in total. The van der Waals surface area contributed by atoms with E-state index in [4.69, 9.17) is 10.7 Å². The molecule has 9 heteroatoms. The summed E-state index contributed by atoms with van der Waals surface area (Å²) >= 11 is 0. The van der Waals surface area contributed by atoms with Crippen LogP contribution in [-0.4, -0.2) is 37.8 Å². The van der Waals surface area contributed by atoms with Gasteiger partial charge in [0.2, 0.25) is 5.95 Å². The number of piperidine rings is 1. The Morgan fingerprint density at radius 1 is 1.08 bits per heavy atom. The van der Waals surface area contributed by atoms with Crippen LogP contribution >= 0.6 is 0 Å². The van der Waals surface area contributed by atoms with Gasteiger partial charge in [-0.2, -0.15) is 4.98 Å². The lowest BCUT2D eigenvalue weighted by atomic mass is 10.1. The first kappa shape index (κ1) is 23.6. The number of imidazole rings is 1. The third-order valence-corrected chi connectivity index (χ3v) is 6.47. The summed E-state index contributed by atoms with van der Waals surface area (Å²) in [5, 5.41) is 0. The number of nitrogens with zero attached hydrogens (tertiary/aromatic N) is 5. The van der Waals surface area contributed by atoms with Crippen LogP contribution in [0.3, 0.4) is 0 Å². The fourth-order valence-electron chi connectivity index (χ4n) is 4.71. The number of para-hydroxylation sites is 1. The van der Waals surface area contributed by atoms with Gasteiger partial charge in [-0.05, 0) is 38.0 Å². The van der Waals surface area contributed by atoms with Gasteiger partial charge >= 0.3 is 5.69 Å². The summed E-state index contributed by atoms with van der Waals surface area (Å²) in [7, 11) is 0. The molecular weight excluding hydrogens is 459 g/mol. The van der Waals surface area contributed by atoms with E-state index in [1.54, 1.807) is 41.8 Å². The molecule has 1 atom stereocenters. The Hall–Kier alpha value is -4.16. The summed E-state index contributed by atoms with van der Waals surface area (Å²) in [4.78, 5) is 34.5. The Labute approximate surface area is 207 Å². The molecule has 36 heavy (non-hydrogen) atoms. The lowest BCUT2D eigenvalue weighted by Gasteiger charge is -2.31. The minimum atomic E-state index is -0.588. The maximum atomic E-state index is 14.5. The van der Waals surface area contributed by atoms with Crippen LogP contribution in [0.2, 0.25) is 0 Å². The molecule has 0 spiro atoms. The Morgan fingerprint density at radius 3 is 2.56 bits per heavy atom. The van der Waals surface area contributed by atoms with Crippen molar-refractivity contribution in [3.63, 3.8) is 0 Å².